The van der Waals surface area contributed by atoms with Crippen LogP contribution in [0.3, 0.4) is 0 Å². The first-order valence-electron chi connectivity index (χ1n) is 6.16. The van der Waals surface area contributed by atoms with Crippen LogP contribution in [-0.4, -0.2) is 7.11 Å². The summed E-state index contributed by atoms with van der Waals surface area (Å²) >= 11 is 10.2. The van der Waals surface area contributed by atoms with E-state index in [9.17, 15) is 0 Å². The molecule has 0 fully saturated rings. The highest BCUT2D eigenvalue weighted by Gasteiger charge is 2.20. The monoisotopic (exact) mass is 338 g/mol. The molecule has 0 bridgehead atoms. The van der Waals surface area contributed by atoms with E-state index in [1.165, 1.54) is 5.56 Å². The van der Waals surface area contributed by atoms with Gasteiger partial charge in [0.15, 0.2) is 0 Å². The minimum atomic E-state index is -0.0809. The molecule has 3 heteroatoms. The first-order chi connectivity index (χ1) is 9.13. The molecule has 100 valence electrons. The molecule has 0 radical (unpaired) electrons. The van der Waals surface area contributed by atoms with Crippen LogP contribution in [0.5, 0.6) is 5.75 Å². The van der Waals surface area contributed by atoms with E-state index in [1.807, 2.05) is 36.4 Å². The van der Waals surface area contributed by atoms with E-state index >= 15 is 0 Å². The fourth-order valence-corrected chi connectivity index (χ4v) is 3.13. The molecule has 2 aromatic carbocycles. The Kier molecular flexibility index (Phi) is 4.89. The summed E-state index contributed by atoms with van der Waals surface area (Å²) in [5.74, 6) is 1.07. The van der Waals surface area contributed by atoms with E-state index in [-0.39, 0.29) is 11.3 Å². The maximum Gasteiger partial charge on any atom is 0.120 e. The average Bonchev–Trinajstić information content (AvgIpc) is 2.46. The average molecular weight is 340 g/mol. The van der Waals surface area contributed by atoms with Gasteiger partial charge in [-0.1, -0.05) is 59.3 Å². The Balaban J connectivity index is 2.26. The van der Waals surface area contributed by atoms with Crippen molar-refractivity contribution < 1.29 is 4.74 Å². The molecule has 0 spiro atoms. The second-order valence-corrected chi connectivity index (χ2v) is 5.81. The lowest BCUT2D eigenvalue weighted by atomic mass is 9.93. The molecular weight excluding hydrogens is 324 g/mol. The molecule has 0 aliphatic rings. The van der Waals surface area contributed by atoms with Crippen molar-refractivity contribution in [2.24, 2.45) is 0 Å². The minimum absolute atomic E-state index is 0.0809. The third-order valence-corrected chi connectivity index (χ3v) is 4.57. The maximum atomic E-state index is 6.62. The molecule has 2 rings (SSSR count). The summed E-state index contributed by atoms with van der Waals surface area (Å²) in [6.07, 6.45) is 0. The summed E-state index contributed by atoms with van der Waals surface area (Å²) < 4.78 is 6.18. The van der Waals surface area contributed by atoms with Gasteiger partial charge in [-0.25, -0.2) is 0 Å². The number of ether oxygens (including phenoxy) is 1. The van der Waals surface area contributed by atoms with Crippen LogP contribution in [0.15, 0.2) is 53.0 Å². The molecule has 0 saturated heterocycles. The van der Waals surface area contributed by atoms with Crippen LogP contribution in [0.25, 0.3) is 0 Å². The van der Waals surface area contributed by atoms with Gasteiger partial charge in [0.1, 0.15) is 5.75 Å². The van der Waals surface area contributed by atoms with Gasteiger partial charge in [0.05, 0.1) is 12.5 Å². The highest BCUT2D eigenvalue weighted by Crippen LogP contribution is 2.40. The van der Waals surface area contributed by atoms with Gasteiger partial charge in [-0.2, -0.15) is 0 Å². The summed E-state index contributed by atoms with van der Waals surface area (Å²) in [4.78, 5) is 0. The fourth-order valence-electron chi connectivity index (χ4n) is 2.05. The number of benzene rings is 2. The van der Waals surface area contributed by atoms with Gasteiger partial charge in [-0.15, -0.1) is 11.6 Å². The zero-order valence-electron chi connectivity index (χ0n) is 10.9. The van der Waals surface area contributed by atoms with Gasteiger partial charge in [-0.3, -0.25) is 0 Å². The van der Waals surface area contributed by atoms with Crippen LogP contribution in [0.4, 0.5) is 0 Å². The predicted molar refractivity (Wildman–Crippen MR) is 84.1 cm³/mol. The smallest absolute Gasteiger partial charge is 0.120 e. The zero-order valence-corrected chi connectivity index (χ0v) is 13.3. The second-order valence-electron chi connectivity index (χ2n) is 4.49. The lowest BCUT2D eigenvalue weighted by Gasteiger charge is -2.20. The van der Waals surface area contributed by atoms with Gasteiger partial charge in [0.2, 0.25) is 0 Å². The highest BCUT2D eigenvalue weighted by molar-refractivity contribution is 9.10. The quantitative estimate of drug-likeness (QED) is 0.664. The summed E-state index contributed by atoms with van der Waals surface area (Å²) in [5, 5.41) is -0.0809. The summed E-state index contributed by atoms with van der Waals surface area (Å²) in [6.45, 7) is 2.14. The molecule has 0 heterocycles. The minimum Gasteiger partial charge on any atom is -0.497 e. The van der Waals surface area contributed by atoms with Gasteiger partial charge < -0.3 is 4.74 Å². The maximum absolute atomic E-state index is 6.62. The van der Waals surface area contributed by atoms with Gasteiger partial charge in [-0.05, 0) is 23.3 Å². The van der Waals surface area contributed by atoms with Gasteiger partial charge in [0.25, 0.3) is 0 Å². The SMILES string of the molecule is COc1ccc(C(Cl)C(C)c2ccccc2)c(Br)c1. The second kappa shape index (κ2) is 6.44. The number of rotatable bonds is 4. The fraction of sp³-hybridized carbons (Fsp3) is 0.250. The van der Waals surface area contributed by atoms with E-state index in [4.69, 9.17) is 16.3 Å². The van der Waals surface area contributed by atoms with Gasteiger partial charge >= 0.3 is 0 Å². The first-order valence-corrected chi connectivity index (χ1v) is 7.39. The number of alkyl halides is 1. The van der Waals surface area contributed by atoms with Gasteiger partial charge in [0, 0.05) is 10.4 Å². The van der Waals surface area contributed by atoms with Crippen molar-refractivity contribution in [2.45, 2.75) is 18.2 Å². The molecule has 0 amide bonds. The number of hydrogen-bond donors (Lipinski definition) is 0. The van der Waals surface area contributed by atoms with E-state index in [2.05, 4.69) is 35.0 Å². The summed E-state index contributed by atoms with van der Waals surface area (Å²) in [6, 6.07) is 16.2. The Morgan fingerprint density at radius 3 is 2.37 bits per heavy atom. The van der Waals surface area contributed by atoms with E-state index < -0.39 is 0 Å². The molecular formula is C16H16BrClO. The van der Waals surface area contributed by atoms with E-state index in [0.29, 0.717) is 0 Å². The topological polar surface area (TPSA) is 9.23 Å². The van der Waals surface area contributed by atoms with E-state index in [0.717, 1.165) is 15.8 Å². The Bertz CT molecular complexity index is 542. The lowest BCUT2D eigenvalue weighted by Crippen LogP contribution is -2.03. The molecule has 19 heavy (non-hydrogen) atoms. The van der Waals surface area contributed by atoms with Crippen LogP contribution in [0.2, 0.25) is 0 Å². The van der Waals surface area contributed by atoms with Crippen LogP contribution in [0, 0.1) is 0 Å². The third-order valence-electron chi connectivity index (χ3n) is 3.27. The van der Waals surface area contributed by atoms with Crippen LogP contribution in [-0.2, 0) is 0 Å². The molecule has 2 unspecified atom stereocenters. The van der Waals surface area contributed by atoms with Crippen LogP contribution >= 0.6 is 27.5 Å². The van der Waals surface area contributed by atoms with Crippen LogP contribution in [0.1, 0.15) is 29.3 Å². The molecule has 0 aliphatic heterocycles. The third kappa shape index (κ3) is 3.31. The largest absolute Gasteiger partial charge is 0.497 e. The number of hydrogen-bond acceptors (Lipinski definition) is 1. The number of halogens is 2. The highest BCUT2D eigenvalue weighted by atomic mass is 79.9. The van der Waals surface area contributed by atoms with Crippen molar-refractivity contribution in [2.75, 3.05) is 7.11 Å². The Hall–Kier alpha value is -0.990. The number of methoxy groups -OCH3 is 1. The van der Waals surface area contributed by atoms with Crippen LogP contribution < -0.4 is 4.74 Å². The molecule has 0 aromatic heterocycles. The van der Waals surface area contributed by atoms with Crippen molar-refractivity contribution in [1.29, 1.82) is 0 Å². The molecule has 2 atom stereocenters. The van der Waals surface area contributed by atoms with E-state index in [1.54, 1.807) is 7.11 Å². The predicted octanol–water partition coefficient (Wildman–Crippen LogP) is 5.54. The summed E-state index contributed by atoms with van der Waals surface area (Å²) in [7, 11) is 1.66. The van der Waals surface area contributed by atoms with Crippen molar-refractivity contribution >= 4 is 27.5 Å². The standard InChI is InChI=1S/C16H16BrClO/c1-11(12-6-4-3-5-7-12)16(18)14-9-8-13(19-2)10-15(14)17/h3-11,16H,1-2H3. The lowest BCUT2D eigenvalue weighted by molar-refractivity contribution is 0.414. The normalized spacial score (nSPS) is 13.9. The molecule has 0 N–H and O–H groups in total. The first kappa shape index (κ1) is 14.4. The Morgan fingerprint density at radius 1 is 1.11 bits per heavy atom. The molecule has 2 aromatic rings. The molecule has 0 aliphatic carbocycles. The summed E-state index contributed by atoms with van der Waals surface area (Å²) in [5.41, 5.74) is 2.32. The van der Waals surface area contributed by atoms with Crippen molar-refractivity contribution in [3.63, 3.8) is 0 Å². The molecule has 0 saturated carbocycles. The Morgan fingerprint density at radius 2 is 1.79 bits per heavy atom. The van der Waals surface area contributed by atoms with Crippen molar-refractivity contribution in [1.82, 2.24) is 0 Å². The molecule has 1 nitrogen and oxygen atoms in total. The van der Waals surface area contributed by atoms with Crippen molar-refractivity contribution in [3.05, 3.63) is 64.1 Å². The van der Waals surface area contributed by atoms with Crippen molar-refractivity contribution in [3.8, 4) is 5.75 Å². The Labute approximate surface area is 127 Å². The zero-order chi connectivity index (χ0) is 13.8.